The highest BCUT2D eigenvalue weighted by molar-refractivity contribution is 5.22. The van der Waals surface area contributed by atoms with E-state index in [9.17, 15) is 4.39 Å². The van der Waals surface area contributed by atoms with Gasteiger partial charge in [-0.3, -0.25) is 0 Å². The normalized spacial score (nSPS) is 12.6. The van der Waals surface area contributed by atoms with E-state index in [2.05, 4.69) is 17.2 Å². The number of hydrogen-bond acceptors (Lipinski definition) is 2. The molecule has 0 spiro atoms. The van der Waals surface area contributed by atoms with Gasteiger partial charge in [0.05, 0.1) is 18.1 Å². The van der Waals surface area contributed by atoms with Crippen LogP contribution in [-0.4, -0.2) is 16.1 Å². The number of halogens is 1. The second-order valence-electron chi connectivity index (χ2n) is 4.27. The monoisotopic (exact) mass is 247 g/mol. The average molecular weight is 247 g/mol. The molecule has 1 N–H and O–H groups in total. The Morgan fingerprint density at radius 3 is 2.89 bits per heavy atom. The summed E-state index contributed by atoms with van der Waals surface area (Å²) in [6, 6.07) is 6.82. The molecule has 1 heterocycles. The predicted octanol–water partition coefficient (Wildman–Crippen LogP) is 2.74. The predicted molar refractivity (Wildman–Crippen MR) is 69.8 cm³/mol. The molecular formula is C14H18FN3. The standard InChI is InChI=1S/C14H18FN3/c1-3-16-8-12-9-17-10-18(12)11(2)13-6-4-5-7-14(13)15/h4-7,9-11,16H,3,8H2,1-2H3. The van der Waals surface area contributed by atoms with Crippen molar-refractivity contribution < 1.29 is 4.39 Å². The quantitative estimate of drug-likeness (QED) is 0.880. The highest BCUT2D eigenvalue weighted by atomic mass is 19.1. The van der Waals surface area contributed by atoms with Gasteiger partial charge in [-0.2, -0.15) is 0 Å². The zero-order valence-electron chi connectivity index (χ0n) is 10.7. The summed E-state index contributed by atoms with van der Waals surface area (Å²) >= 11 is 0. The molecule has 0 aliphatic rings. The fraction of sp³-hybridized carbons (Fsp3) is 0.357. The van der Waals surface area contributed by atoms with Crippen molar-refractivity contribution in [3.8, 4) is 0 Å². The second kappa shape index (κ2) is 5.78. The third kappa shape index (κ3) is 2.59. The van der Waals surface area contributed by atoms with Crippen LogP contribution in [-0.2, 0) is 6.54 Å². The van der Waals surface area contributed by atoms with Gasteiger partial charge in [0.1, 0.15) is 5.82 Å². The van der Waals surface area contributed by atoms with Gasteiger partial charge in [-0.05, 0) is 19.5 Å². The highest BCUT2D eigenvalue weighted by Gasteiger charge is 2.14. The number of imidazole rings is 1. The molecule has 18 heavy (non-hydrogen) atoms. The third-order valence-electron chi connectivity index (χ3n) is 3.07. The van der Waals surface area contributed by atoms with E-state index in [-0.39, 0.29) is 11.9 Å². The van der Waals surface area contributed by atoms with Crippen molar-refractivity contribution in [1.82, 2.24) is 14.9 Å². The molecule has 3 nitrogen and oxygen atoms in total. The molecule has 96 valence electrons. The van der Waals surface area contributed by atoms with Gasteiger partial charge in [0.25, 0.3) is 0 Å². The van der Waals surface area contributed by atoms with Gasteiger partial charge in [-0.1, -0.05) is 25.1 Å². The summed E-state index contributed by atoms with van der Waals surface area (Å²) in [6.45, 7) is 5.69. The van der Waals surface area contributed by atoms with E-state index in [0.29, 0.717) is 5.56 Å². The van der Waals surface area contributed by atoms with E-state index in [1.54, 1.807) is 12.4 Å². The van der Waals surface area contributed by atoms with Crippen LogP contribution in [0, 0.1) is 5.82 Å². The van der Waals surface area contributed by atoms with Crippen LogP contribution in [0.25, 0.3) is 0 Å². The van der Waals surface area contributed by atoms with Crippen molar-refractivity contribution in [3.05, 3.63) is 53.9 Å². The van der Waals surface area contributed by atoms with E-state index in [0.717, 1.165) is 18.8 Å². The van der Waals surface area contributed by atoms with E-state index < -0.39 is 0 Å². The first-order valence-electron chi connectivity index (χ1n) is 6.20. The minimum absolute atomic E-state index is 0.0534. The smallest absolute Gasteiger partial charge is 0.128 e. The lowest BCUT2D eigenvalue weighted by Gasteiger charge is -2.17. The Morgan fingerprint density at radius 2 is 2.17 bits per heavy atom. The lowest BCUT2D eigenvalue weighted by atomic mass is 10.1. The van der Waals surface area contributed by atoms with Gasteiger partial charge in [-0.25, -0.2) is 9.37 Å². The zero-order chi connectivity index (χ0) is 13.0. The molecule has 0 aliphatic heterocycles. The van der Waals surface area contributed by atoms with Gasteiger partial charge in [-0.15, -0.1) is 0 Å². The van der Waals surface area contributed by atoms with Crippen LogP contribution in [0.15, 0.2) is 36.8 Å². The maximum atomic E-state index is 13.8. The Balaban J connectivity index is 2.26. The minimum Gasteiger partial charge on any atom is -0.326 e. The molecule has 2 aromatic rings. The topological polar surface area (TPSA) is 29.9 Å². The molecule has 2 rings (SSSR count). The van der Waals surface area contributed by atoms with Crippen LogP contribution < -0.4 is 5.32 Å². The maximum absolute atomic E-state index is 13.8. The highest BCUT2D eigenvalue weighted by Crippen LogP contribution is 2.22. The first-order chi connectivity index (χ1) is 8.74. The number of benzene rings is 1. The molecule has 1 atom stereocenters. The number of rotatable bonds is 5. The Labute approximate surface area is 107 Å². The number of aromatic nitrogens is 2. The largest absolute Gasteiger partial charge is 0.326 e. The number of nitrogens with one attached hydrogen (secondary N) is 1. The van der Waals surface area contributed by atoms with Crippen LogP contribution in [0.3, 0.4) is 0 Å². The van der Waals surface area contributed by atoms with Gasteiger partial charge in [0, 0.05) is 18.3 Å². The van der Waals surface area contributed by atoms with Gasteiger partial charge in [0.2, 0.25) is 0 Å². The Bertz CT molecular complexity index is 507. The molecule has 0 radical (unpaired) electrons. The molecule has 0 saturated heterocycles. The molecule has 1 unspecified atom stereocenters. The molecular weight excluding hydrogens is 229 g/mol. The minimum atomic E-state index is -0.173. The third-order valence-corrected chi connectivity index (χ3v) is 3.07. The van der Waals surface area contributed by atoms with Gasteiger partial charge in [0.15, 0.2) is 0 Å². The van der Waals surface area contributed by atoms with Crippen molar-refractivity contribution in [2.24, 2.45) is 0 Å². The second-order valence-corrected chi connectivity index (χ2v) is 4.27. The lowest BCUT2D eigenvalue weighted by molar-refractivity contribution is 0.537. The van der Waals surface area contributed by atoms with Gasteiger partial charge < -0.3 is 9.88 Å². The SMILES string of the molecule is CCNCc1cncn1C(C)c1ccccc1F. The van der Waals surface area contributed by atoms with Crippen LogP contribution in [0.5, 0.6) is 0 Å². The summed E-state index contributed by atoms with van der Waals surface area (Å²) in [5.74, 6) is -0.173. The summed E-state index contributed by atoms with van der Waals surface area (Å²) < 4.78 is 15.8. The molecule has 1 aromatic carbocycles. The molecule has 0 saturated carbocycles. The number of hydrogen-bond donors (Lipinski definition) is 1. The van der Waals surface area contributed by atoms with E-state index in [1.807, 2.05) is 29.8 Å². The number of nitrogens with zero attached hydrogens (tertiary/aromatic N) is 2. The zero-order valence-corrected chi connectivity index (χ0v) is 10.7. The Morgan fingerprint density at radius 1 is 1.39 bits per heavy atom. The first-order valence-corrected chi connectivity index (χ1v) is 6.20. The van der Waals surface area contributed by atoms with Crippen LogP contribution in [0.2, 0.25) is 0 Å². The molecule has 0 bridgehead atoms. The average Bonchev–Trinajstić information content (AvgIpc) is 2.84. The van der Waals surface area contributed by atoms with Crippen molar-refractivity contribution in [2.75, 3.05) is 6.54 Å². The van der Waals surface area contributed by atoms with E-state index in [4.69, 9.17) is 0 Å². The molecule has 4 heteroatoms. The summed E-state index contributed by atoms with van der Waals surface area (Å²) in [7, 11) is 0. The molecule has 1 aromatic heterocycles. The van der Waals surface area contributed by atoms with Crippen molar-refractivity contribution in [2.45, 2.75) is 26.4 Å². The van der Waals surface area contributed by atoms with Gasteiger partial charge >= 0.3 is 0 Å². The summed E-state index contributed by atoms with van der Waals surface area (Å²) in [4.78, 5) is 4.15. The molecule has 0 fully saturated rings. The molecule has 0 aliphatic carbocycles. The Hall–Kier alpha value is -1.68. The van der Waals surface area contributed by atoms with Crippen molar-refractivity contribution in [3.63, 3.8) is 0 Å². The van der Waals surface area contributed by atoms with E-state index in [1.165, 1.54) is 6.07 Å². The summed E-state index contributed by atoms with van der Waals surface area (Å²) in [5, 5.41) is 3.26. The van der Waals surface area contributed by atoms with Crippen molar-refractivity contribution >= 4 is 0 Å². The fourth-order valence-electron chi connectivity index (χ4n) is 2.03. The van der Waals surface area contributed by atoms with Crippen LogP contribution in [0.1, 0.15) is 31.1 Å². The van der Waals surface area contributed by atoms with Crippen molar-refractivity contribution in [1.29, 1.82) is 0 Å². The first kappa shape index (κ1) is 12.8. The lowest BCUT2D eigenvalue weighted by Crippen LogP contribution is -2.17. The summed E-state index contributed by atoms with van der Waals surface area (Å²) in [6.07, 6.45) is 3.57. The maximum Gasteiger partial charge on any atom is 0.128 e. The molecule has 0 amide bonds. The van der Waals surface area contributed by atoms with E-state index >= 15 is 0 Å². The van der Waals surface area contributed by atoms with Crippen LogP contribution in [0.4, 0.5) is 4.39 Å². The fourth-order valence-corrected chi connectivity index (χ4v) is 2.03. The van der Waals surface area contributed by atoms with Crippen LogP contribution >= 0.6 is 0 Å². The summed E-state index contributed by atoms with van der Waals surface area (Å²) in [5.41, 5.74) is 1.75. The Kier molecular flexibility index (Phi) is 4.10.